The maximum absolute atomic E-state index is 10.0. The predicted molar refractivity (Wildman–Crippen MR) is 79.9 cm³/mol. The van der Waals surface area contributed by atoms with Gasteiger partial charge in [-0.1, -0.05) is 41.6 Å². The van der Waals surface area contributed by atoms with Crippen molar-refractivity contribution >= 4 is 21.6 Å². The molecule has 0 heterocycles. The summed E-state index contributed by atoms with van der Waals surface area (Å²) >= 11 is 3.39. The zero-order valence-corrected chi connectivity index (χ0v) is 12.5. The minimum absolute atomic E-state index is 0.339. The van der Waals surface area contributed by atoms with Gasteiger partial charge in [0.2, 0.25) is 0 Å². The van der Waals surface area contributed by atoms with Crippen molar-refractivity contribution < 1.29 is 5.11 Å². The van der Waals surface area contributed by atoms with E-state index in [1.165, 1.54) is 25.7 Å². The number of aliphatic hydroxyl groups excluding tert-OH is 1. The molecule has 0 aliphatic heterocycles. The van der Waals surface area contributed by atoms with Crippen molar-refractivity contribution in [1.29, 1.82) is 5.26 Å². The number of aliphatic hydroxyl groups is 1. The third-order valence-corrected chi connectivity index (χ3v) is 4.20. The lowest BCUT2D eigenvalue weighted by Crippen LogP contribution is -2.22. The third-order valence-electron chi connectivity index (χ3n) is 3.71. The second-order valence-electron chi connectivity index (χ2n) is 5.22. The van der Waals surface area contributed by atoms with Gasteiger partial charge in [0.1, 0.15) is 6.07 Å². The van der Waals surface area contributed by atoms with Gasteiger partial charge in [-0.15, -0.1) is 0 Å². The molecule has 0 radical (unpaired) electrons. The first kappa shape index (κ1) is 14.4. The van der Waals surface area contributed by atoms with Crippen LogP contribution in [0.5, 0.6) is 0 Å². The molecule has 1 aliphatic rings. The van der Waals surface area contributed by atoms with E-state index in [4.69, 9.17) is 5.26 Å². The van der Waals surface area contributed by atoms with Crippen LogP contribution < -0.4 is 5.32 Å². The number of halogens is 1. The highest BCUT2D eigenvalue weighted by atomic mass is 79.9. The summed E-state index contributed by atoms with van der Waals surface area (Å²) in [6.07, 6.45) is 5.62. The van der Waals surface area contributed by atoms with Crippen LogP contribution >= 0.6 is 15.9 Å². The van der Waals surface area contributed by atoms with E-state index >= 15 is 0 Å². The summed E-state index contributed by atoms with van der Waals surface area (Å²) in [6.45, 7) is 0.502. The normalized spacial score (nSPS) is 17.1. The molecule has 2 N–H and O–H groups in total. The average molecular weight is 323 g/mol. The number of nitrogens with one attached hydrogen (secondary N) is 1. The van der Waals surface area contributed by atoms with Crippen molar-refractivity contribution in [3.05, 3.63) is 28.2 Å². The molecular weight excluding hydrogens is 304 g/mol. The lowest BCUT2D eigenvalue weighted by molar-refractivity contribution is 0.155. The van der Waals surface area contributed by atoms with Gasteiger partial charge in [0.15, 0.2) is 0 Å². The Kier molecular flexibility index (Phi) is 5.24. The molecule has 1 atom stereocenters. The monoisotopic (exact) mass is 322 g/mol. The van der Waals surface area contributed by atoms with Gasteiger partial charge >= 0.3 is 0 Å². The molecule has 1 unspecified atom stereocenters. The number of anilines is 1. The molecule has 3 nitrogen and oxygen atoms in total. The first-order chi connectivity index (χ1) is 9.19. The Morgan fingerprint density at radius 2 is 2.16 bits per heavy atom. The Morgan fingerprint density at radius 3 is 2.84 bits per heavy atom. The van der Waals surface area contributed by atoms with Crippen LogP contribution in [0.25, 0.3) is 0 Å². The number of hydrogen-bond acceptors (Lipinski definition) is 3. The second-order valence-corrected chi connectivity index (χ2v) is 6.14. The van der Waals surface area contributed by atoms with E-state index in [1.807, 2.05) is 12.1 Å². The summed E-state index contributed by atoms with van der Waals surface area (Å²) in [7, 11) is 0. The Balaban J connectivity index is 1.87. The quantitative estimate of drug-likeness (QED) is 0.869. The largest absolute Gasteiger partial charge is 0.391 e. The zero-order valence-electron chi connectivity index (χ0n) is 10.9. The van der Waals surface area contributed by atoms with Gasteiger partial charge in [0.25, 0.3) is 0 Å². The minimum Gasteiger partial charge on any atom is -0.391 e. The number of nitrogens with zero attached hydrogens (tertiary/aromatic N) is 1. The number of hydrogen-bond donors (Lipinski definition) is 2. The van der Waals surface area contributed by atoms with Gasteiger partial charge in [0, 0.05) is 11.0 Å². The first-order valence-corrected chi connectivity index (χ1v) is 7.60. The molecule has 0 aromatic heterocycles. The van der Waals surface area contributed by atoms with Gasteiger partial charge in [0.05, 0.1) is 17.4 Å². The molecule has 4 heteroatoms. The topological polar surface area (TPSA) is 56.0 Å². The van der Waals surface area contributed by atoms with E-state index in [0.29, 0.717) is 18.0 Å². The highest BCUT2D eigenvalue weighted by Gasteiger charge is 2.18. The maximum Gasteiger partial charge on any atom is 0.101 e. The van der Waals surface area contributed by atoms with Crippen LogP contribution in [0.4, 0.5) is 5.69 Å². The van der Waals surface area contributed by atoms with Gasteiger partial charge in [-0.2, -0.15) is 5.26 Å². The molecule has 0 amide bonds. The second kappa shape index (κ2) is 6.93. The SMILES string of the molecule is N#Cc1ccc(Br)cc1NCC(O)CC1CCCC1. The van der Waals surface area contributed by atoms with Crippen molar-refractivity contribution in [2.75, 3.05) is 11.9 Å². The molecule has 2 rings (SSSR count). The Labute approximate surface area is 122 Å². The lowest BCUT2D eigenvalue weighted by Gasteiger charge is -2.17. The summed E-state index contributed by atoms with van der Waals surface area (Å²) in [5.41, 5.74) is 1.39. The fraction of sp³-hybridized carbons (Fsp3) is 0.533. The van der Waals surface area contributed by atoms with E-state index in [9.17, 15) is 5.11 Å². The van der Waals surface area contributed by atoms with Crippen molar-refractivity contribution in [2.45, 2.75) is 38.2 Å². The van der Waals surface area contributed by atoms with E-state index in [-0.39, 0.29) is 6.10 Å². The number of benzene rings is 1. The minimum atomic E-state index is -0.339. The van der Waals surface area contributed by atoms with Crippen molar-refractivity contribution in [1.82, 2.24) is 0 Å². The molecule has 19 heavy (non-hydrogen) atoms. The van der Waals surface area contributed by atoms with Crippen LogP contribution in [0.2, 0.25) is 0 Å². The van der Waals surface area contributed by atoms with Crippen molar-refractivity contribution in [2.24, 2.45) is 5.92 Å². The Bertz CT molecular complexity index is 464. The summed E-state index contributed by atoms with van der Waals surface area (Å²) in [5, 5.41) is 22.3. The molecule has 102 valence electrons. The lowest BCUT2D eigenvalue weighted by atomic mass is 10.00. The molecular formula is C15H19BrN2O. The molecule has 0 saturated heterocycles. The molecule has 1 aromatic carbocycles. The molecule has 0 bridgehead atoms. The van der Waals surface area contributed by atoms with Crippen molar-refractivity contribution in [3.8, 4) is 6.07 Å². The van der Waals surface area contributed by atoms with Gasteiger partial charge in [-0.3, -0.25) is 0 Å². The van der Waals surface area contributed by atoms with E-state index < -0.39 is 0 Å². The molecule has 1 aliphatic carbocycles. The molecule has 1 saturated carbocycles. The molecule has 0 spiro atoms. The molecule has 1 fully saturated rings. The van der Waals surface area contributed by atoms with E-state index in [0.717, 1.165) is 16.6 Å². The third kappa shape index (κ3) is 4.22. The van der Waals surface area contributed by atoms with Crippen LogP contribution in [0.3, 0.4) is 0 Å². The van der Waals surface area contributed by atoms with Crippen LogP contribution in [0.1, 0.15) is 37.7 Å². The summed E-state index contributed by atoms with van der Waals surface area (Å²) in [4.78, 5) is 0. The van der Waals surface area contributed by atoms with Crippen molar-refractivity contribution in [3.63, 3.8) is 0 Å². The summed E-state index contributed by atoms with van der Waals surface area (Å²) < 4.78 is 0.930. The smallest absolute Gasteiger partial charge is 0.101 e. The first-order valence-electron chi connectivity index (χ1n) is 6.80. The van der Waals surface area contributed by atoms with Gasteiger partial charge < -0.3 is 10.4 Å². The average Bonchev–Trinajstić information content (AvgIpc) is 2.89. The predicted octanol–water partition coefficient (Wildman–Crippen LogP) is 3.67. The van der Waals surface area contributed by atoms with Crippen LogP contribution in [-0.4, -0.2) is 17.8 Å². The van der Waals surface area contributed by atoms with Gasteiger partial charge in [-0.25, -0.2) is 0 Å². The maximum atomic E-state index is 10.0. The fourth-order valence-electron chi connectivity index (χ4n) is 2.70. The Morgan fingerprint density at radius 1 is 1.42 bits per heavy atom. The highest BCUT2D eigenvalue weighted by molar-refractivity contribution is 9.10. The van der Waals surface area contributed by atoms with E-state index in [1.54, 1.807) is 6.07 Å². The zero-order chi connectivity index (χ0) is 13.7. The number of nitriles is 1. The van der Waals surface area contributed by atoms with Gasteiger partial charge in [-0.05, 0) is 30.5 Å². The van der Waals surface area contributed by atoms with Crippen LogP contribution in [0, 0.1) is 17.2 Å². The van der Waals surface area contributed by atoms with E-state index in [2.05, 4.69) is 27.3 Å². The summed E-state index contributed by atoms with van der Waals surface area (Å²) in [5.74, 6) is 0.676. The van der Waals surface area contributed by atoms with Crippen LogP contribution in [0.15, 0.2) is 22.7 Å². The Hall–Kier alpha value is -1.05. The molecule has 1 aromatic rings. The fourth-order valence-corrected chi connectivity index (χ4v) is 3.06. The summed E-state index contributed by atoms with van der Waals surface area (Å²) in [6, 6.07) is 7.65. The highest BCUT2D eigenvalue weighted by Crippen LogP contribution is 2.28. The number of rotatable bonds is 5. The standard InChI is InChI=1S/C15H19BrN2O/c16-13-6-5-12(9-17)15(8-13)18-10-14(19)7-11-3-1-2-4-11/h5-6,8,11,14,18-19H,1-4,7,10H2. The van der Waals surface area contributed by atoms with Crippen LogP contribution in [-0.2, 0) is 0 Å².